The molecule has 30 heavy (non-hydrogen) atoms. The third-order valence-electron chi connectivity index (χ3n) is 4.33. The van der Waals surface area contributed by atoms with Crippen molar-refractivity contribution in [2.45, 2.75) is 0 Å². The normalized spacial score (nSPS) is 10.4. The van der Waals surface area contributed by atoms with Crippen molar-refractivity contribution in [3.8, 4) is 17.2 Å². The number of pyridine rings is 2. The van der Waals surface area contributed by atoms with E-state index in [9.17, 15) is 9.59 Å². The van der Waals surface area contributed by atoms with Crippen LogP contribution in [0.5, 0.6) is 11.5 Å². The van der Waals surface area contributed by atoms with Gasteiger partial charge >= 0.3 is 0 Å². The molecule has 4 rings (SSSR count). The number of carbonyl (C=O) groups excluding carboxylic acids is 1. The lowest BCUT2D eigenvalue weighted by molar-refractivity contribution is 0.102. The van der Waals surface area contributed by atoms with E-state index in [2.05, 4.69) is 10.3 Å². The first kappa shape index (κ1) is 18.9. The van der Waals surface area contributed by atoms with E-state index in [0.29, 0.717) is 28.7 Å². The summed E-state index contributed by atoms with van der Waals surface area (Å²) in [5.41, 5.74) is 6.53. The second-order valence-electron chi connectivity index (χ2n) is 6.43. The van der Waals surface area contributed by atoms with Gasteiger partial charge in [-0.25, -0.2) is 4.98 Å². The van der Waals surface area contributed by atoms with Crippen LogP contribution in [0.3, 0.4) is 0 Å². The minimum atomic E-state index is -0.485. The number of para-hydroxylation sites is 1. The van der Waals surface area contributed by atoms with E-state index in [1.165, 1.54) is 10.6 Å². The predicted octanol–water partition coefficient (Wildman–Crippen LogP) is 3.86. The van der Waals surface area contributed by atoms with Gasteiger partial charge in [0.15, 0.2) is 0 Å². The Morgan fingerprint density at radius 1 is 0.933 bits per heavy atom. The summed E-state index contributed by atoms with van der Waals surface area (Å²) in [4.78, 5) is 29.3. The Bertz CT molecular complexity index is 1240. The minimum Gasteiger partial charge on any atom is -0.457 e. The second-order valence-corrected chi connectivity index (χ2v) is 6.43. The van der Waals surface area contributed by atoms with Crippen molar-refractivity contribution in [2.75, 3.05) is 11.1 Å². The lowest BCUT2D eigenvalue weighted by Crippen LogP contribution is -2.27. The van der Waals surface area contributed by atoms with E-state index in [-0.39, 0.29) is 5.56 Å². The average Bonchev–Trinajstić information content (AvgIpc) is 2.76. The van der Waals surface area contributed by atoms with E-state index >= 15 is 0 Å². The van der Waals surface area contributed by atoms with Gasteiger partial charge in [-0.3, -0.25) is 14.2 Å². The van der Waals surface area contributed by atoms with Crippen molar-refractivity contribution < 1.29 is 9.53 Å². The van der Waals surface area contributed by atoms with Gasteiger partial charge < -0.3 is 15.8 Å². The van der Waals surface area contributed by atoms with E-state index in [1.807, 2.05) is 18.2 Å². The van der Waals surface area contributed by atoms with Crippen molar-refractivity contribution in [3.05, 3.63) is 107 Å². The fraction of sp³-hybridized carbons (Fsp3) is 0. The number of anilines is 2. The van der Waals surface area contributed by atoms with Crippen molar-refractivity contribution in [2.24, 2.45) is 0 Å². The number of hydrogen-bond donors (Lipinski definition) is 2. The maximum atomic E-state index is 12.8. The number of rotatable bonds is 5. The summed E-state index contributed by atoms with van der Waals surface area (Å²) in [6.07, 6.45) is 3.19. The van der Waals surface area contributed by atoms with Crippen LogP contribution in [0.15, 0.2) is 96.1 Å². The molecule has 0 aliphatic heterocycles. The first-order valence-electron chi connectivity index (χ1n) is 9.18. The lowest BCUT2D eigenvalue weighted by Gasteiger charge is -2.10. The number of aromatic nitrogens is 2. The number of nitrogens with zero attached hydrogens (tertiary/aromatic N) is 2. The molecule has 7 nitrogen and oxygen atoms in total. The Labute approximate surface area is 172 Å². The highest BCUT2D eigenvalue weighted by molar-refractivity contribution is 6.04. The summed E-state index contributed by atoms with van der Waals surface area (Å²) in [6.45, 7) is 0. The van der Waals surface area contributed by atoms with Crippen LogP contribution in [-0.4, -0.2) is 15.5 Å². The number of hydrogen-bond acceptors (Lipinski definition) is 5. The van der Waals surface area contributed by atoms with E-state index in [1.54, 1.807) is 67.0 Å². The van der Waals surface area contributed by atoms with Crippen LogP contribution >= 0.6 is 0 Å². The molecule has 0 radical (unpaired) electrons. The van der Waals surface area contributed by atoms with Gasteiger partial charge in [-0.15, -0.1) is 0 Å². The van der Waals surface area contributed by atoms with E-state index < -0.39 is 11.5 Å². The standard InChI is InChI=1S/C23H18N4O3/c24-21-15-19(12-13-25-21)30-18-10-8-16(9-11-18)26-22(28)20-7-4-14-27(23(20)29)17-5-2-1-3-6-17/h1-15H,(H2,24,25)(H,26,28). The first-order chi connectivity index (χ1) is 14.6. The fourth-order valence-corrected chi connectivity index (χ4v) is 2.89. The molecular weight excluding hydrogens is 380 g/mol. The van der Waals surface area contributed by atoms with E-state index in [4.69, 9.17) is 10.5 Å². The summed E-state index contributed by atoms with van der Waals surface area (Å²) in [5.74, 6) is 1.01. The Morgan fingerprint density at radius 2 is 1.70 bits per heavy atom. The van der Waals surface area contributed by atoms with Gasteiger partial charge in [0.25, 0.3) is 11.5 Å². The molecule has 0 saturated heterocycles. The molecule has 0 aliphatic carbocycles. The molecule has 0 spiro atoms. The molecule has 2 heterocycles. The summed E-state index contributed by atoms with van der Waals surface area (Å²) >= 11 is 0. The number of benzene rings is 2. The molecule has 2 aromatic heterocycles. The molecule has 0 aliphatic rings. The minimum absolute atomic E-state index is 0.0499. The molecule has 2 aromatic carbocycles. The maximum Gasteiger partial charge on any atom is 0.267 e. The lowest BCUT2D eigenvalue weighted by atomic mass is 10.2. The first-order valence-corrected chi connectivity index (χ1v) is 9.18. The van der Waals surface area contributed by atoms with Gasteiger partial charge in [-0.05, 0) is 54.6 Å². The molecule has 0 bridgehead atoms. The summed E-state index contributed by atoms with van der Waals surface area (Å²) in [7, 11) is 0. The molecule has 0 saturated carbocycles. The molecular formula is C23H18N4O3. The summed E-state index contributed by atoms with van der Waals surface area (Å²) in [6, 6.07) is 22.4. The highest BCUT2D eigenvalue weighted by Crippen LogP contribution is 2.23. The van der Waals surface area contributed by atoms with Crippen molar-refractivity contribution in [1.29, 1.82) is 0 Å². The molecule has 7 heteroatoms. The third kappa shape index (κ3) is 4.20. The monoisotopic (exact) mass is 398 g/mol. The van der Waals surface area contributed by atoms with Gasteiger partial charge in [-0.2, -0.15) is 0 Å². The molecule has 0 fully saturated rings. The Hall–Kier alpha value is -4.39. The van der Waals surface area contributed by atoms with E-state index in [0.717, 1.165) is 0 Å². The number of carbonyl (C=O) groups is 1. The van der Waals surface area contributed by atoms with Gasteiger partial charge in [0.2, 0.25) is 0 Å². The van der Waals surface area contributed by atoms with Crippen LogP contribution < -0.4 is 21.3 Å². The third-order valence-corrected chi connectivity index (χ3v) is 4.33. The van der Waals surface area contributed by atoms with Gasteiger partial charge in [-0.1, -0.05) is 18.2 Å². The number of ether oxygens (including phenoxy) is 1. The van der Waals surface area contributed by atoms with Crippen LogP contribution in [0.25, 0.3) is 5.69 Å². The topological polar surface area (TPSA) is 99.2 Å². The van der Waals surface area contributed by atoms with Gasteiger partial charge in [0, 0.05) is 29.8 Å². The number of nitrogen functional groups attached to an aromatic ring is 1. The number of amides is 1. The molecule has 148 valence electrons. The van der Waals surface area contributed by atoms with Crippen LogP contribution in [0.1, 0.15) is 10.4 Å². The molecule has 1 amide bonds. The van der Waals surface area contributed by atoms with Crippen molar-refractivity contribution in [1.82, 2.24) is 9.55 Å². The zero-order valence-electron chi connectivity index (χ0n) is 15.9. The number of nitrogens with one attached hydrogen (secondary N) is 1. The SMILES string of the molecule is Nc1cc(Oc2ccc(NC(=O)c3cccn(-c4ccccc4)c3=O)cc2)ccn1. The quantitative estimate of drug-likeness (QED) is 0.532. The number of nitrogens with two attached hydrogens (primary N) is 1. The van der Waals surface area contributed by atoms with Crippen LogP contribution in [0.4, 0.5) is 11.5 Å². The zero-order valence-corrected chi connectivity index (χ0v) is 15.9. The predicted molar refractivity (Wildman–Crippen MR) is 115 cm³/mol. The Morgan fingerprint density at radius 3 is 2.43 bits per heavy atom. The molecule has 0 unspecified atom stereocenters. The van der Waals surface area contributed by atoms with Gasteiger partial charge in [0.05, 0.1) is 0 Å². The molecule has 0 atom stereocenters. The van der Waals surface area contributed by atoms with Crippen molar-refractivity contribution in [3.63, 3.8) is 0 Å². The fourth-order valence-electron chi connectivity index (χ4n) is 2.89. The Kier molecular flexibility index (Phi) is 5.25. The maximum absolute atomic E-state index is 12.8. The highest BCUT2D eigenvalue weighted by atomic mass is 16.5. The summed E-state index contributed by atoms with van der Waals surface area (Å²) in [5, 5.41) is 2.74. The smallest absolute Gasteiger partial charge is 0.267 e. The largest absolute Gasteiger partial charge is 0.457 e. The molecule has 3 N–H and O–H groups in total. The van der Waals surface area contributed by atoms with Crippen LogP contribution in [0, 0.1) is 0 Å². The molecule has 4 aromatic rings. The van der Waals surface area contributed by atoms with Crippen LogP contribution in [0.2, 0.25) is 0 Å². The van der Waals surface area contributed by atoms with Gasteiger partial charge in [0.1, 0.15) is 22.9 Å². The van der Waals surface area contributed by atoms with Crippen LogP contribution in [-0.2, 0) is 0 Å². The Balaban J connectivity index is 1.50. The average molecular weight is 398 g/mol. The second kappa shape index (κ2) is 8.32. The summed E-state index contributed by atoms with van der Waals surface area (Å²) < 4.78 is 7.14. The highest BCUT2D eigenvalue weighted by Gasteiger charge is 2.13. The zero-order chi connectivity index (χ0) is 20.9. The van der Waals surface area contributed by atoms with Crippen molar-refractivity contribution >= 4 is 17.4 Å².